The third-order valence-electron chi connectivity index (χ3n) is 2.27. The normalized spacial score (nSPS) is 12.1. The minimum atomic E-state index is 0.134. The predicted molar refractivity (Wildman–Crippen MR) is 70.7 cm³/mol. The molecule has 0 rings (SSSR count). The first-order valence-corrected chi connectivity index (χ1v) is 6.14. The quantitative estimate of drug-likeness (QED) is 0.620. The Morgan fingerprint density at radius 1 is 1.31 bits per heavy atom. The second kappa shape index (κ2) is 7.82. The molecule has 0 saturated heterocycles. The lowest BCUT2D eigenvalue weighted by atomic mass is 10.1. The predicted octanol–water partition coefficient (Wildman–Crippen LogP) is 1.63. The van der Waals surface area contributed by atoms with Gasteiger partial charge in [-0.3, -0.25) is 4.90 Å². The Bertz CT molecular complexity index is 191. The van der Waals surface area contributed by atoms with Crippen LogP contribution in [0.1, 0.15) is 34.1 Å². The SMILES string of the molecule is C=C(CNC(C)(C)C)CN(CCC)CCO. The van der Waals surface area contributed by atoms with Crippen LogP contribution in [0.4, 0.5) is 0 Å². The Morgan fingerprint density at radius 2 is 1.94 bits per heavy atom. The van der Waals surface area contributed by atoms with Crippen LogP contribution in [0.5, 0.6) is 0 Å². The minimum absolute atomic E-state index is 0.134. The van der Waals surface area contributed by atoms with Gasteiger partial charge in [0.05, 0.1) is 6.61 Å². The Labute approximate surface area is 101 Å². The largest absolute Gasteiger partial charge is 0.395 e. The number of hydrogen-bond acceptors (Lipinski definition) is 3. The summed E-state index contributed by atoms with van der Waals surface area (Å²) in [6.45, 7) is 16.4. The fraction of sp³-hybridized carbons (Fsp3) is 0.846. The highest BCUT2D eigenvalue weighted by Gasteiger charge is 2.10. The molecule has 3 nitrogen and oxygen atoms in total. The molecule has 0 aliphatic carbocycles. The maximum absolute atomic E-state index is 8.95. The van der Waals surface area contributed by atoms with Crippen molar-refractivity contribution < 1.29 is 5.11 Å². The number of aliphatic hydroxyl groups excluding tert-OH is 1. The summed E-state index contributed by atoms with van der Waals surface area (Å²) in [6, 6.07) is 0. The summed E-state index contributed by atoms with van der Waals surface area (Å²) in [4.78, 5) is 2.24. The first kappa shape index (κ1) is 15.6. The van der Waals surface area contributed by atoms with Crippen molar-refractivity contribution in [2.24, 2.45) is 0 Å². The van der Waals surface area contributed by atoms with E-state index in [-0.39, 0.29) is 12.1 Å². The van der Waals surface area contributed by atoms with Gasteiger partial charge in [-0.2, -0.15) is 0 Å². The van der Waals surface area contributed by atoms with Gasteiger partial charge in [0.25, 0.3) is 0 Å². The third kappa shape index (κ3) is 8.89. The summed E-state index contributed by atoms with van der Waals surface area (Å²) >= 11 is 0. The van der Waals surface area contributed by atoms with E-state index in [0.29, 0.717) is 0 Å². The molecule has 0 radical (unpaired) electrons. The van der Waals surface area contributed by atoms with E-state index in [4.69, 9.17) is 5.11 Å². The summed E-state index contributed by atoms with van der Waals surface area (Å²) in [5, 5.41) is 12.4. The van der Waals surface area contributed by atoms with E-state index in [1.165, 1.54) is 5.57 Å². The molecule has 0 amide bonds. The van der Waals surface area contributed by atoms with Crippen LogP contribution in [0.2, 0.25) is 0 Å². The van der Waals surface area contributed by atoms with Crippen LogP contribution in [0.25, 0.3) is 0 Å². The van der Waals surface area contributed by atoms with Crippen molar-refractivity contribution in [2.45, 2.75) is 39.7 Å². The van der Waals surface area contributed by atoms with Gasteiger partial charge >= 0.3 is 0 Å². The molecular formula is C13H28N2O. The molecule has 0 aromatic heterocycles. The Hall–Kier alpha value is -0.380. The lowest BCUT2D eigenvalue weighted by Crippen LogP contribution is -2.39. The van der Waals surface area contributed by atoms with Crippen LogP contribution < -0.4 is 5.32 Å². The molecule has 0 aliphatic rings. The van der Waals surface area contributed by atoms with Gasteiger partial charge in [-0.1, -0.05) is 13.5 Å². The zero-order valence-corrected chi connectivity index (χ0v) is 11.3. The lowest BCUT2D eigenvalue weighted by molar-refractivity contribution is 0.205. The average Bonchev–Trinajstić information content (AvgIpc) is 2.14. The Morgan fingerprint density at radius 3 is 2.38 bits per heavy atom. The number of hydrogen-bond donors (Lipinski definition) is 2. The molecule has 0 atom stereocenters. The Balaban J connectivity index is 3.90. The highest BCUT2D eigenvalue weighted by Crippen LogP contribution is 2.02. The van der Waals surface area contributed by atoms with Crippen molar-refractivity contribution in [1.29, 1.82) is 0 Å². The summed E-state index contributed by atoms with van der Waals surface area (Å²) < 4.78 is 0. The number of nitrogens with one attached hydrogen (secondary N) is 1. The van der Waals surface area contributed by atoms with Gasteiger partial charge < -0.3 is 10.4 Å². The van der Waals surface area contributed by atoms with E-state index < -0.39 is 0 Å². The molecule has 2 N–H and O–H groups in total. The monoisotopic (exact) mass is 228 g/mol. The second-order valence-electron chi connectivity index (χ2n) is 5.35. The van der Waals surface area contributed by atoms with Crippen molar-refractivity contribution >= 4 is 0 Å². The van der Waals surface area contributed by atoms with Gasteiger partial charge in [-0.05, 0) is 39.3 Å². The van der Waals surface area contributed by atoms with Crippen LogP contribution in [-0.4, -0.2) is 48.3 Å². The summed E-state index contributed by atoms with van der Waals surface area (Å²) in [5.74, 6) is 0. The van der Waals surface area contributed by atoms with Crippen molar-refractivity contribution in [3.8, 4) is 0 Å². The van der Waals surface area contributed by atoms with Gasteiger partial charge in [0, 0.05) is 25.2 Å². The topological polar surface area (TPSA) is 35.5 Å². The zero-order valence-electron chi connectivity index (χ0n) is 11.3. The standard InChI is InChI=1S/C13H28N2O/c1-6-7-15(8-9-16)11-12(2)10-14-13(3,4)5/h14,16H,2,6-11H2,1,3-5H3. The van der Waals surface area contributed by atoms with Crippen LogP contribution in [0.15, 0.2) is 12.2 Å². The van der Waals surface area contributed by atoms with Gasteiger partial charge in [0.2, 0.25) is 0 Å². The number of nitrogens with zero attached hydrogens (tertiary/aromatic N) is 1. The summed E-state index contributed by atoms with van der Waals surface area (Å²) in [6.07, 6.45) is 1.11. The molecular weight excluding hydrogens is 200 g/mol. The van der Waals surface area contributed by atoms with Crippen molar-refractivity contribution in [1.82, 2.24) is 10.2 Å². The first-order valence-electron chi connectivity index (χ1n) is 6.14. The summed E-state index contributed by atoms with van der Waals surface area (Å²) in [7, 11) is 0. The molecule has 96 valence electrons. The highest BCUT2D eigenvalue weighted by atomic mass is 16.3. The highest BCUT2D eigenvalue weighted by molar-refractivity contribution is 5.01. The summed E-state index contributed by atoms with van der Waals surface area (Å²) in [5.41, 5.74) is 1.31. The van der Waals surface area contributed by atoms with Crippen LogP contribution >= 0.6 is 0 Å². The zero-order chi connectivity index (χ0) is 12.6. The van der Waals surface area contributed by atoms with Gasteiger partial charge in [0.1, 0.15) is 0 Å². The van der Waals surface area contributed by atoms with E-state index in [9.17, 15) is 0 Å². The van der Waals surface area contributed by atoms with Crippen molar-refractivity contribution in [3.05, 3.63) is 12.2 Å². The van der Waals surface area contributed by atoms with E-state index in [1.807, 2.05) is 0 Å². The number of rotatable bonds is 8. The molecule has 0 spiro atoms. The van der Waals surface area contributed by atoms with Crippen molar-refractivity contribution in [2.75, 3.05) is 32.8 Å². The lowest BCUT2D eigenvalue weighted by Gasteiger charge is -2.25. The van der Waals surface area contributed by atoms with E-state index in [0.717, 1.165) is 32.6 Å². The molecule has 0 aromatic rings. The third-order valence-corrected chi connectivity index (χ3v) is 2.27. The average molecular weight is 228 g/mol. The molecule has 0 saturated carbocycles. The number of aliphatic hydroxyl groups is 1. The molecule has 16 heavy (non-hydrogen) atoms. The fourth-order valence-corrected chi connectivity index (χ4v) is 1.49. The van der Waals surface area contributed by atoms with Crippen LogP contribution in [0, 0.1) is 0 Å². The molecule has 0 bridgehead atoms. The second-order valence-corrected chi connectivity index (χ2v) is 5.35. The van der Waals surface area contributed by atoms with Gasteiger partial charge in [0.15, 0.2) is 0 Å². The maximum Gasteiger partial charge on any atom is 0.0558 e. The molecule has 0 unspecified atom stereocenters. The van der Waals surface area contributed by atoms with Crippen LogP contribution in [-0.2, 0) is 0 Å². The molecule has 0 fully saturated rings. The van der Waals surface area contributed by atoms with Gasteiger partial charge in [-0.15, -0.1) is 0 Å². The fourth-order valence-electron chi connectivity index (χ4n) is 1.49. The first-order chi connectivity index (χ1) is 7.39. The van der Waals surface area contributed by atoms with Crippen LogP contribution in [0.3, 0.4) is 0 Å². The molecule has 0 aliphatic heterocycles. The van der Waals surface area contributed by atoms with E-state index in [2.05, 4.69) is 44.5 Å². The van der Waals surface area contributed by atoms with E-state index >= 15 is 0 Å². The minimum Gasteiger partial charge on any atom is -0.395 e. The molecule has 0 aromatic carbocycles. The van der Waals surface area contributed by atoms with Crippen molar-refractivity contribution in [3.63, 3.8) is 0 Å². The smallest absolute Gasteiger partial charge is 0.0558 e. The van der Waals surface area contributed by atoms with Gasteiger partial charge in [-0.25, -0.2) is 0 Å². The molecule has 0 heterocycles. The van der Waals surface area contributed by atoms with E-state index in [1.54, 1.807) is 0 Å². The molecule has 3 heteroatoms. The Kier molecular flexibility index (Phi) is 7.64. The maximum atomic E-state index is 8.95.